The van der Waals surface area contributed by atoms with E-state index in [9.17, 15) is 14.4 Å². The van der Waals surface area contributed by atoms with Crippen LogP contribution in [0.2, 0.25) is 0 Å². The summed E-state index contributed by atoms with van der Waals surface area (Å²) in [6.07, 6.45) is 0.457. The zero-order valence-corrected chi connectivity index (χ0v) is 17.9. The quantitative estimate of drug-likeness (QED) is 0.421. The van der Waals surface area contributed by atoms with E-state index >= 15 is 0 Å². The van der Waals surface area contributed by atoms with Gasteiger partial charge in [0, 0.05) is 18.4 Å². The summed E-state index contributed by atoms with van der Waals surface area (Å²) in [7, 11) is 0. The highest BCUT2D eigenvalue weighted by molar-refractivity contribution is 5.84. The van der Waals surface area contributed by atoms with Crippen molar-refractivity contribution < 1.29 is 29.3 Å². The van der Waals surface area contributed by atoms with Crippen molar-refractivity contribution >= 4 is 18.0 Å². The highest BCUT2D eigenvalue weighted by Crippen LogP contribution is 2.44. The number of fused-ring (bicyclic) bond motifs is 3. The Bertz CT molecular complexity index is 931. The zero-order valence-electron chi connectivity index (χ0n) is 17.9. The van der Waals surface area contributed by atoms with Crippen LogP contribution in [-0.2, 0) is 14.3 Å². The molecule has 1 aliphatic carbocycles. The van der Waals surface area contributed by atoms with Gasteiger partial charge in [0.25, 0.3) is 0 Å². The normalized spacial score (nSPS) is 14.1. The minimum Gasteiger partial charge on any atom is -0.480 e. The lowest BCUT2D eigenvalue weighted by molar-refractivity contribution is -0.143. The summed E-state index contributed by atoms with van der Waals surface area (Å²) in [5.74, 6) is -2.20. The van der Waals surface area contributed by atoms with Gasteiger partial charge >= 0.3 is 12.1 Å². The van der Waals surface area contributed by atoms with Crippen molar-refractivity contribution in [1.82, 2.24) is 10.6 Å². The first kappa shape index (κ1) is 23.3. The smallest absolute Gasteiger partial charge is 0.407 e. The molecule has 8 heteroatoms. The molecule has 2 amide bonds. The number of hydrogen-bond acceptors (Lipinski definition) is 5. The molecule has 32 heavy (non-hydrogen) atoms. The van der Waals surface area contributed by atoms with E-state index in [1.165, 1.54) is 0 Å². The Kier molecular flexibility index (Phi) is 7.83. The van der Waals surface area contributed by atoms with Crippen LogP contribution in [0.25, 0.3) is 11.1 Å². The molecule has 0 fully saturated rings. The van der Waals surface area contributed by atoms with Crippen LogP contribution in [0.1, 0.15) is 36.8 Å². The molecule has 2 aromatic carbocycles. The van der Waals surface area contributed by atoms with Crippen LogP contribution in [0.3, 0.4) is 0 Å². The monoisotopic (exact) mass is 440 g/mol. The van der Waals surface area contributed by atoms with E-state index in [0.717, 1.165) is 22.3 Å². The maximum absolute atomic E-state index is 12.2. The SMILES string of the molecule is CC(CCCNC(=O)OCC1c2ccccc2-c2ccccc21)C(=O)N[C@H](CO)C(=O)O. The molecule has 0 radical (unpaired) electrons. The molecule has 0 aromatic heterocycles. The van der Waals surface area contributed by atoms with Crippen LogP contribution in [0, 0.1) is 5.92 Å². The van der Waals surface area contributed by atoms with E-state index in [-0.39, 0.29) is 12.5 Å². The average molecular weight is 440 g/mol. The molecule has 4 N–H and O–H groups in total. The number of aliphatic carboxylic acids is 1. The molecule has 2 aromatic rings. The molecule has 0 saturated heterocycles. The van der Waals surface area contributed by atoms with Gasteiger partial charge in [-0.25, -0.2) is 9.59 Å². The summed E-state index contributed by atoms with van der Waals surface area (Å²) in [5, 5.41) is 22.8. The van der Waals surface area contributed by atoms with Crippen LogP contribution in [-0.4, -0.2) is 54.0 Å². The number of amides is 2. The fourth-order valence-corrected chi connectivity index (χ4v) is 3.88. The van der Waals surface area contributed by atoms with Crippen molar-refractivity contribution in [2.45, 2.75) is 31.7 Å². The van der Waals surface area contributed by atoms with Crippen molar-refractivity contribution in [1.29, 1.82) is 0 Å². The maximum atomic E-state index is 12.2. The fourth-order valence-electron chi connectivity index (χ4n) is 3.88. The topological polar surface area (TPSA) is 125 Å². The minimum atomic E-state index is -1.32. The fraction of sp³-hybridized carbons (Fsp3) is 0.375. The van der Waals surface area contributed by atoms with Crippen LogP contribution in [0.4, 0.5) is 4.79 Å². The van der Waals surface area contributed by atoms with E-state index in [2.05, 4.69) is 34.9 Å². The maximum Gasteiger partial charge on any atom is 0.407 e. The summed E-state index contributed by atoms with van der Waals surface area (Å²) >= 11 is 0. The standard InChI is InChI=1S/C24H28N2O6/c1-15(22(28)26-21(13-27)23(29)30)7-6-12-25-24(31)32-14-20-18-10-4-2-8-16(18)17-9-3-5-11-19(17)20/h2-5,8-11,15,20-21,27H,6-7,12-14H2,1H3,(H,25,31)(H,26,28)(H,29,30)/t15?,21-/m1/s1. The van der Waals surface area contributed by atoms with Gasteiger partial charge in [-0.15, -0.1) is 0 Å². The minimum absolute atomic E-state index is 0.00873. The number of aliphatic hydroxyl groups excluding tert-OH is 1. The molecule has 8 nitrogen and oxygen atoms in total. The Morgan fingerprint density at radius 1 is 1.03 bits per heavy atom. The molecule has 1 aliphatic rings. The number of ether oxygens (including phenoxy) is 1. The summed E-state index contributed by atoms with van der Waals surface area (Å²) < 4.78 is 5.47. The van der Waals surface area contributed by atoms with Crippen LogP contribution in [0.5, 0.6) is 0 Å². The number of nitrogens with one attached hydrogen (secondary N) is 2. The Balaban J connectivity index is 1.42. The molecular weight excluding hydrogens is 412 g/mol. The number of carboxylic acids is 1. The number of carbonyl (C=O) groups is 3. The molecule has 2 atom stereocenters. The molecule has 170 valence electrons. The van der Waals surface area contributed by atoms with E-state index in [0.29, 0.717) is 19.4 Å². The average Bonchev–Trinajstić information content (AvgIpc) is 3.12. The molecule has 0 saturated carbocycles. The highest BCUT2D eigenvalue weighted by atomic mass is 16.5. The highest BCUT2D eigenvalue weighted by Gasteiger charge is 2.29. The molecule has 0 heterocycles. The summed E-state index contributed by atoms with van der Waals surface area (Å²) in [4.78, 5) is 35.0. The molecule has 0 spiro atoms. The lowest BCUT2D eigenvalue weighted by Gasteiger charge is -2.16. The third-order valence-corrected chi connectivity index (χ3v) is 5.67. The van der Waals surface area contributed by atoms with Gasteiger partial charge in [0.1, 0.15) is 12.6 Å². The van der Waals surface area contributed by atoms with Gasteiger partial charge in [-0.2, -0.15) is 0 Å². The predicted molar refractivity (Wildman–Crippen MR) is 118 cm³/mol. The van der Waals surface area contributed by atoms with Crippen LogP contribution in [0.15, 0.2) is 48.5 Å². The molecule has 0 bridgehead atoms. The second-order valence-electron chi connectivity index (χ2n) is 7.88. The van der Waals surface area contributed by atoms with Gasteiger partial charge in [-0.3, -0.25) is 4.79 Å². The van der Waals surface area contributed by atoms with E-state index in [1.807, 2.05) is 24.3 Å². The Hall–Kier alpha value is -3.39. The summed E-state index contributed by atoms with van der Waals surface area (Å²) in [6, 6.07) is 14.9. The third kappa shape index (κ3) is 5.45. The number of carbonyl (C=O) groups excluding carboxylic acids is 2. The molecule has 1 unspecified atom stereocenters. The Labute approximate surface area is 186 Å². The van der Waals surface area contributed by atoms with Crippen molar-refractivity contribution in [2.24, 2.45) is 5.92 Å². The largest absolute Gasteiger partial charge is 0.480 e. The first-order chi connectivity index (χ1) is 15.4. The van der Waals surface area contributed by atoms with Gasteiger partial charge in [-0.1, -0.05) is 55.5 Å². The van der Waals surface area contributed by atoms with Crippen molar-refractivity contribution in [2.75, 3.05) is 19.8 Å². The van der Waals surface area contributed by atoms with Gasteiger partial charge in [0.2, 0.25) is 5.91 Å². The van der Waals surface area contributed by atoms with Gasteiger partial charge in [-0.05, 0) is 35.1 Å². The Morgan fingerprint density at radius 3 is 2.19 bits per heavy atom. The van der Waals surface area contributed by atoms with Crippen molar-refractivity contribution in [3.05, 3.63) is 59.7 Å². The molecular formula is C24H28N2O6. The van der Waals surface area contributed by atoms with E-state index in [1.54, 1.807) is 6.92 Å². The number of hydrogen-bond donors (Lipinski definition) is 4. The lowest BCUT2D eigenvalue weighted by atomic mass is 9.98. The summed E-state index contributed by atoms with van der Waals surface area (Å²) in [5.41, 5.74) is 4.61. The molecule has 0 aliphatic heterocycles. The first-order valence-electron chi connectivity index (χ1n) is 10.6. The van der Waals surface area contributed by atoms with Crippen molar-refractivity contribution in [3.8, 4) is 11.1 Å². The second-order valence-corrected chi connectivity index (χ2v) is 7.88. The van der Waals surface area contributed by atoms with Gasteiger partial charge < -0.3 is 25.6 Å². The third-order valence-electron chi connectivity index (χ3n) is 5.67. The first-order valence-corrected chi connectivity index (χ1v) is 10.6. The number of carboxylic acid groups (broad SMARTS) is 1. The molecule has 3 rings (SSSR count). The van der Waals surface area contributed by atoms with E-state index < -0.39 is 36.5 Å². The van der Waals surface area contributed by atoms with Crippen molar-refractivity contribution in [3.63, 3.8) is 0 Å². The zero-order chi connectivity index (χ0) is 23.1. The number of rotatable bonds is 10. The van der Waals surface area contributed by atoms with Gasteiger partial charge in [0.05, 0.1) is 6.61 Å². The lowest BCUT2D eigenvalue weighted by Crippen LogP contribution is -2.45. The Morgan fingerprint density at radius 2 is 1.62 bits per heavy atom. The van der Waals surface area contributed by atoms with Crippen LogP contribution < -0.4 is 10.6 Å². The van der Waals surface area contributed by atoms with Gasteiger partial charge in [0.15, 0.2) is 0 Å². The number of benzene rings is 2. The number of alkyl carbamates (subject to hydrolysis) is 1. The predicted octanol–water partition coefficient (Wildman–Crippen LogP) is 2.50. The second kappa shape index (κ2) is 10.8. The van der Waals surface area contributed by atoms with Crippen LogP contribution >= 0.6 is 0 Å². The number of aliphatic hydroxyl groups is 1. The van der Waals surface area contributed by atoms with E-state index in [4.69, 9.17) is 14.9 Å². The summed E-state index contributed by atoms with van der Waals surface area (Å²) in [6.45, 7) is 1.56.